The largest absolute Gasteiger partial charge is 0.350 e. The van der Waals surface area contributed by atoms with E-state index < -0.39 is 10.8 Å². The maximum absolute atomic E-state index is 12.0. The Labute approximate surface area is 121 Å². The van der Waals surface area contributed by atoms with Crippen LogP contribution in [-0.4, -0.2) is 17.4 Å². The first kappa shape index (κ1) is 14.7. The highest BCUT2D eigenvalue weighted by Crippen LogP contribution is 2.17. The fraction of sp³-hybridized carbons (Fsp3) is 0.133. The molecule has 0 aliphatic carbocycles. The van der Waals surface area contributed by atoms with Crippen LogP contribution in [0.5, 0.6) is 0 Å². The van der Waals surface area contributed by atoms with Crippen LogP contribution in [0.1, 0.15) is 22.0 Å². The molecule has 0 aliphatic rings. The molecule has 2 aromatic rings. The molecule has 0 radical (unpaired) electrons. The lowest BCUT2D eigenvalue weighted by atomic mass is 10.1. The molecule has 21 heavy (non-hydrogen) atoms. The number of para-hydroxylation sites is 1. The quantitative estimate of drug-likeness (QED) is 0.648. The van der Waals surface area contributed by atoms with E-state index in [9.17, 15) is 14.9 Å². The van der Waals surface area contributed by atoms with Gasteiger partial charge in [-0.3, -0.25) is 14.9 Å². The number of nitrogens with zero attached hydrogens (tertiary/aromatic N) is 1. The molecular weight excluding hydrogens is 270 g/mol. The molecule has 108 valence electrons. The third-order valence-electron chi connectivity index (χ3n) is 3.06. The summed E-state index contributed by atoms with van der Waals surface area (Å²) >= 11 is 0. The zero-order valence-corrected chi connectivity index (χ0v) is 11.2. The molecule has 0 aliphatic heterocycles. The van der Waals surface area contributed by atoms with Crippen LogP contribution in [0.15, 0.2) is 54.6 Å². The number of benzene rings is 2. The van der Waals surface area contributed by atoms with Crippen LogP contribution < -0.4 is 11.1 Å². The van der Waals surface area contributed by atoms with E-state index >= 15 is 0 Å². The van der Waals surface area contributed by atoms with Crippen LogP contribution in [0.4, 0.5) is 5.69 Å². The summed E-state index contributed by atoms with van der Waals surface area (Å²) < 4.78 is 0. The normalized spacial score (nSPS) is 11.7. The molecule has 6 heteroatoms. The summed E-state index contributed by atoms with van der Waals surface area (Å²) in [6.45, 7) is 0.203. The van der Waals surface area contributed by atoms with Crippen molar-refractivity contribution in [2.45, 2.75) is 6.04 Å². The van der Waals surface area contributed by atoms with Gasteiger partial charge in [-0.1, -0.05) is 42.5 Å². The van der Waals surface area contributed by atoms with Crippen molar-refractivity contribution < 1.29 is 9.72 Å². The lowest BCUT2D eigenvalue weighted by Crippen LogP contribution is -2.32. The van der Waals surface area contributed by atoms with Gasteiger partial charge < -0.3 is 11.1 Å². The minimum atomic E-state index is -0.577. The van der Waals surface area contributed by atoms with Gasteiger partial charge in [-0.05, 0) is 11.6 Å². The van der Waals surface area contributed by atoms with Crippen molar-refractivity contribution in [3.63, 3.8) is 0 Å². The van der Waals surface area contributed by atoms with E-state index in [1.807, 2.05) is 30.3 Å². The van der Waals surface area contributed by atoms with Gasteiger partial charge in [0.25, 0.3) is 11.6 Å². The minimum Gasteiger partial charge on any atom is -0.350 e. The lowest BCUT2D eigenvalue weighted by Gasteiger charge is -2.13. The zero-order chi connectivity index (χ0) is 15.2. The third-order valence-corrected chi connectivity index (χ3v) is 3.06. The van der Waals surface area contributed by atoms with Crippen LogP contribution in [0.3, 0.4) is 0 Å². The number of hydrogen-bond donors (Lipinski definition) is 2. The Morgan fingerprint density at radius 1 is 1.14 bits per heavy atom. The average molecular weight is 285 g/mol. The Hall–Kier alpha value is -2.73. The molecule has 0 saturated heterocycles. The van der Waals surface area contributed by atoms with Crippen LogP contribution in [0.2, 0.25) is 0 Å². The molecule has 0 heterocycles. The lowest BCUT2D eigenvalue weighted by molar-refractivity contribution is -0.385. The van der Waals surface area contributed by atoms with Gasteiger partial charge in [0.1, 0.15) is 5.56 Å². The fourth-order valence-electron chi connectivity index (χ4n) is 1.94. The molecule has 1 atom stereocenters. The Bertz CT molecular complexity index is 644. The summed E-state index contributed by atoms with van der Waals surface area (Å²) in [5, 5.41) is 13.5. The molecule has 0 aromatic heterocycles. The number of rotatable bonds is 5. The molecule has 2 rings (SSSR count). The SMILES string of the molecule is NC(CNC(=O)c1ccccc1[N+](=O)[O-])c1ccccc1. The van der Waals surface area contributed by atoms with Gasteiger partial charge in [-0.15, -0.1) is 0 Å². The van der Waals surface area contributed by atoms with E-state index in [0.717, 1.165) is 5.56 Å². The minimum absolute atomic E-state index is 0.0303. The summed E-state index contributed by atoms with van der Waals surface area (Å²) in [6, 6.07) is 14.8. The number of amides is 1. The van der Waals surface area contributed by atoms with E-state index in [-0.39, 0.29) is 23.8 Å². The topological polar surface area (TPSA) is 98.3 Å². The number of carbonyl (C=O) groups excluding carboxylic acids is 1. The van der Waals surface area contributed by atoms with Gasteiger partial charge in [0, 0.05) is 18.7 Å². The van der Waals surface area contributed by atoms with Crippen molar-refractivity contribution in [2.24, 2.45) is 5.73 Å². The highest BCUT2D eigenvalue weighted by molar-refractivity contribution is 5.98. The summed E-state index contributed by atoms with van der Waals surface area (Å²) in [5.41, 5.74) is 6.67. The summed E-state index contributed by atoms with van der Waals surface area (Å²) in [5.74, 6) is -0.506. The summed E-state index contributed by atoms with van der Waals surface area (Å²) in [4.78, 5) is 22.3. The van der Waals surface area contributed by atoms with Crippen LogP contribution in [0, 0.1) is 10.1 Å². The van der Waals surface area contributed by atoms with Crippen molar-refractivity contribution in [3.8, 4) is 0 Å². The third kappa shape index (κ3) is 3.64. The first-order valence-electron chi connectivity index (χ1n) is 6.41. The monoisotopic (exact) mass is 285 g/mol. The van der Waals surface area contributed by atoms with E-state index in [2.05, 4.69) is 5.32 Å². The molecule has 0 fully saturated rings. The molecule has 1 unspecified atom stereocenters. The predicted octanol–water partition coefficient (Wildman–Crippen LogP) is 2.02. The molecule has 0 bridgehead atoms. The van der Waals surface area contributed by atoms with Gasteiger partial charge in [0.15, 0.2) is 0 Å². The fourth-order valence-corrected chi connectivity index (χ4v) is 1.94. The smallest absolute Gasteiger partial charge is 0.282 e. The number of nitro groups is 1. The maximum atomic E-state index is 12.0. The molecule has 3 N–H and O–H groups in total. The van der Waals surface area contributed by atoms with E-state index in [4.69, 9.17) is 5.73 Å². The van der Waals surface area contributed by atoms with Crippen molar-refractivity contribution in [2.75, 3.05) is 6.54 Å². The van der Waals surface area contributed by atoms with Gasteiger partial charge in [-0.25, -0.2) is 0 Å². The van der Waals surface area contributed by atoms with Crippen molar-refractivity contribution in [1.29, 1.82) is 0 Å². The zero-order valence-electron chi connectivity index (χ0n) is 11.2. The van der Waals surface area contributed by atoms with Crippen molar-refractivity contribution in [1.82, 2.24) is 5.32 Å². The Balaban J connectivity index is 2.04. The Morgan fingerprint density at radius 2 is 1.76 bits per heavy atom. The van der Waals surface area contributed by atoms with Crippen LogP contribution in [-0.2, 0) is 0 Å². The summed E-state index contributed by atoms with van der Waals surface area (Å²) in [6.07, 6.45) is 0. The molecular formula is C15H15N3O3. The van der Waals surface area contributed by atoms with Crippen molar-refractivity contribution in [3.05, 3.63) is 75.8 Å². The first-order valence-corrected chi connectivity index (χ1v) is 6.41. The Kier molecular flexibility index (Phi) is 4.63. The number of hydrogen-bond acceptors (Lipinski definition) is 4. The second kappa shape index (κ2) is 6.62. The molecule has 0 spiro atoms. The number of carbonyl (C=O) groups is 1. The van der Waals surface area contributed by atoms with Crippen LogP contribution >= 0.6 is 0 Å². The van der Waals surface area contributed by atoms with E-state index in [1.165, 1.54) is 18.2 Å². The van der Waals surface area contributed by atoms with Gasteiger partial charge in [0.2, 0.25) is 0 Å². The van der Waals surface area contributed by atoms with Gasteiger partial charge >= 0.3 is 0 Å². The van der Waals surface area contributed by atoms with Gasteiger partial charge in [0.05, 0.1) is 4.92 Å². The summed E-state index contributed by atoms with van der Waals surface area (Å²) in [7, 11) is 0. The molecule has 6 nitrogen and oxygen atoms in total. The van der Waals surface area contributed by atoms with E-state index in [1.54, 1.807) is 6.07 Å². The maximum Gasteiger partial charge on any atom is 0.282 e. The molecule has 1 amide bonds. The first-order chi connectivity index (χ1) is 10.1. The number of nitrogens with one attached hydrogen (secondary N) is 1. The van der Waals surface area contributed by atoms with Crippen LogP contribution in [0.25, 0.3) is 0 Å². The number of nitro benzene ring substituents is 1. The highest BCUT2D eigenvalue weighted by atomic mass is 16.6. The van der Waals surface area contributed by atoms with Gasteiger partial charge in [-0.2, -0.15) is 0 Å². The molecule has 0 saturated carbocycles. The molecule has 2 aromatic carbocycles. The van der Waals surface area contributed by atoms with Crippen molar-refractivity contribution >= 4 is 11.6 Å². The highest BCUT2D eigenvalue weighted by Gasteiger charge is 2.19. The average Bonchev–Trinajstić information content (AvgIpc) is 2.53. The predicted molar refractivity (Wildman–Crippen MR) is 78.8 cm³/mol. The second-order valence-corrected chi connectivity index (χ2v) is 4.50. The van der Waals surface area contributed by atoms with E-state index in [0.29, 0.717) is 0 Å². The number of nitrogens with two attached hydrogens (primary N) is 1. The second-order valence-electron chi connectivity index (χ2n) is 4.50. The Morgan fingerprint density at radius 3 is 2.43 bits per heavy atom. The standard InChI is InChI=1S/C15H15N3O3/c16-13(11-6-2-1-3-7-11)10-17-15(19)12-8-4-5-9-14(12)18(20)21/h1-9,13H,10,16H2,(H,17,19).